The van der Waals surface area contributed by atoms with Gasteiger partial charge in [-0.25, -0.2) is 0 Å². The van der Waals surface area contributed by atoms with Crippen LogP contribution in [0.1, 0.15) is 64.2 Å². The number of rotatable bonds is 6. The van der Waals surface area contributed by atoms with E-state index in [2.05, 4.69) is 9.80 Å². The van der Waals surface area contributed by atoms with E-state index < -0.39 is 0 Å². The number of likely N-dealkylation sites (tertiary alicyclic amines) is 2. The van der Waals surface area contributed by atoms with E-state index in [0.29, 0.717) is 24.3 Å². The normalized spacial score (nSPS) is 28.0. The third-order valence-electron chi connectivity index (χ3n) is 6.57. The number of fused-ring (bicyclic) bond motifs is 1. The van der Waals surface area contributed by atoms with Crippen LogP contribution in [-0.2, 0) is 14.3 Å². The number of nitrogens with zero attached hydrogens (tertiary/aromatic N) is 2. The monoisotopic (exact) mass is 350 g/mol. The molecule has 3 fully saturated rings. The van der Waals surface area contributed by atoms with E-state index in [1.165, 1.54) is 52.1 Å². The van der Waals surface area contributed by atoms with Gasteiger partial charge in [0, 0.05) is 32.1 Å². The maximum Gasteiger partial charge on any atom is 0.306 e. The lowest BCUT2D eigenvalue weighted by Gasteiger charge is -2.29. The summed E-state index contributed by atoms with van der Waals surface area (Å²) >= 11 is 0. The minimum absolute atomic E-state index is 0.136. The van der Waals surface area contributed by atoms with Crippen LogP contribution in [0.15, 0.2) is 0 Å². The van der Waals surface area contributed by atoms with Gasteiger partial charge in [0.1, 0.15) is 0 Å². The highest BCUT2D eigenvalue weighted by molar-refractivity contribution is 5.76. The van der Waals surface area contributed by atoms with E-state index in [9.17, 15) is 9.59 Å². The van der Waals surface area contributed by atoms with Gasteiger partial charge in [0.2, 0.25) is 5.91 Å². The molecule has 2 saturated heterocycles. The maximum atomic E-state index is 12.7. The van der Waals surface area contributed by atoms with Crippen molar-refractivity contribution in [3.05, 3.63) is 0 Å². The van der Waals surface area contributed by atoms with Crippen molar-refractivity contribution in [2.45, 2.75) is 70.3 Å². The molecular weight excluding hydrogens is 316 g/mol. The number of hydrogen-bond donors (Lipinski definition) is 0. The molecule has 142 valence electrons. The minimum atomic E-state index is -0.136. The summed E-state index contributed by atoms with van der Waals surface area (Å²) in [6.07, 6.45) is 11.2. The maximum absolute atomic E-state index is 12.7. The second kappa shape index (κ2) is 9.02. The Morgan fingerprint density at radius 2 is 1.76 bits per heavy atom. The van der Waals surface area contributed by atoms with E-state index in [0.717, 1.165) is 44.9 Å². The summed E-state index contributed by atoms with van der Waals surface area (Å²) in [4.78, 5) is 28.7. The molecule has 0 aromatic carbocycles. The summed E-state index contributed by atoms with van der Waals surface area (Å²) in [7, 11) is 1.45. The molecule has 0 radical (unpaired) electrons. The molecule has 0 unspecified atom stereocenters. The lowest BCUT2D eigenvalue weighted by Crippen LogP contribution is -2.42. The summed E-state index contributed by atoms with van der Waals surface area (Å²) in [6.45, 7) is 3.58. The van der Waals surface area contributed by atoms with Gasteiger partial charge in [-0.3, -0.25) is 14.5 Å². The molecule has 5 nitrogen and oxygen atoms in total. The highest BCUT2D eigenvalue weighted by atomic mass is 16.5. The number of carbonyl (C=O) groups is 2. The predicted octanol–water partition coefficient (Wildman–Crippen LogP) is 2.83. The van der Waals surface area contributed by atoms with Crippen LogP contribution >= 0.6 is 0 Å². The highest BCUT2D eigenvalue weighted by Crippen LogP contribution is 2.32. The van der Waals surface area contributed by atoms with E-state index >= 15 is 0 Å². The van der Waals surface area contributed by atoms with Crippen LogP contribution in [0.4, 0.5) is 0 Å². The molecule has 3 rings (SSSR count). The van der Waals surface area contributed by atoms with Crippen molar-refractivity contribution in [2.24, 2.45) is 11.8 Å². The summed E-state index contributed by atoms with van der Waals surface area (Å²) in [5, 5.41) is 0. The third-order valence-corrected chi connectivity index (χ3v) is 6.57. The number of carbonyl (C=O) groups excluding carboxylic acids is 2. The number of esters is 1. The van der Waals surface area contributed by atoms with E-state index in [4.69, 9.17) is 4.74 Å². The topological polar surface area (TPSA) is 49.9 Å². The molecule has 1 saturated carbocycles. The quantitative estimate of drug-likeness (QED) is 0.691. The van der Waals surface area contributed by atoms with Crippen LogP contribution < -0.4 is 0 Å². The largest absolute Gasteiger partial charge is 0.469 e. The van der Waals surface area contributed by atoms with Crippen molar-refractivity contribution in [3.8, 4) is 0 Å². The molecule has 2 aliphatic heterocycles. The predicted molar refractivity (Wildman–Crippen MR) is 97.1 cm³/mol. The molecule has 3 aliphatic rings. The van der Waals surface area contributed by atoms with Crippen molar-refractivity contribution in [2.75, 3.05) is 33.3 Å². The van der Waals surface area contributed by atoms with Crippen LogP contribution in [0.2, 0.25) is 0 Å². The van der Waals surface area contributed by atoms with E-state index in [1.807, 2.05) is 0 Å². The van der Waals surface area contributed by atoms with Gasteiger partial charge in [-0.15, -0.1) is 0 Å². The van der Waals surface area contributed by atoms with E-state index in [1.54, 1.807) is 0 Å². The number of amides is 1. The Kier molecular flexibility index (Phi) is 6.74. The van der Waals surface area contributed by atoms with Gasteiger partial charge < -0.3 is 9.64 Å². The molecule has 0 N–H and O–H groups in total. The number of ether oxygens (including phenoxy) is 1. The number of methoxy groups -OCH3 is 1. The molecular formula is C20H34N2O3. The van der Waals surface area contributed by atoms with Crippen LogP contribution in [0.5, 0.6) is 0 Å². The van der Waals surface area contributed by atoms with Gasteiger partial charge in [-0.05, 0) is 37.6 Å². The highest BCUT2D eigenvalue weighted by Gasteiger charge is 2.39. The Balaban J connectivity index is 1.51. The van der Waals surface area contributed by atoms with E-state index in [-0.39, 0.29) is 5.97 Å². The Morgan fingerprint density at radius 3 is 2.52 bits per heavy atom. The van der Waals surface area contributed by atoms with Crippen molar-refractivity contribution >= 4 is 11.9 Å². The zero-order valence-corrected chi connectivity index (χ0v) is 15.8. The second-order valence-electron chi connectivity index (χ2n) is 8.17. The second-order valence-corrected chi connectivity index (χ2v) is 8.17. The van der Waals surface area contributed by atoms with Crippen molar-refractivity contribution in [1.29, 1.82) is 0 Å². The number of hydrogen-bond acceptors (Lipinski definition) is 4. The van der Waals surface area contributed by atoms with Crippen molar-refractivity contribution < 1.29 is 14.3 Å². The van der Waals surface area contributed by atoms with Crippen LogP contribution in [-0.4, -0.2) is 61.0 Å². The SMILES string of the molecule is COC(=O)CCN1CCCC[C@H]2CN(C(=O)CCC3CCCC3)C[C@H]21. The third kappa shape index (κ3) is 4.96. The fraction of sp³-hybridized carbons (Fsp3) is 0.900. The van der Waals surface area contributed by atoms with Gasteiger partial charge in [-0.1, -0.05) is 32.1 Å². The molecule has 1 aliphatic carbocycles. The minimum Gasteiger partial charge on any atom is -0.469 e. The standard InChI is InChI=1S/C20H34N2O3/c1-25-20(24)11-13-21-12-5-4-8-17-14-22(15-18(17)21)19(23)10-9-16-6-2-3-7-16/h16-18H,2-15H2,1H3/t17-,18+/m0/s1. The average molecular weight is 351 g/mol. The summed E-state index contributed by atoms with van der Waals surface area (Å²) in [5.41, 5.74) is 0. The van der Waals surface area contributed by atoms with Gasteiger partial charge in [0.05, 0.1) is 13.5 Å². The van der Waals surface area contributed by atoms with Crippen molar-refractivity contribution in [3.63, 3.8) is 0 Å². The first-order chi connectivity index (χ1) is 12.2. The van der Waals surface area contributed by atoms with Gasteiger partial charge in [0.15, 0.2) is 0 Å². The summed E-state index contributed by atoms with van der Waals surface area (Å²) in [6, 6.07) is 0.433. The van der Waals surface area contributed by atoms with Gasteiger partial charge in [0.25, 0.3) is 0 Å². The molecule has 0 bridgehead atoms. The molecule has 5 heteroatoms. The lowest BCUT2D eigenvalue weighted by atomic mass is 9.98. The first-order valence-corrected chi connectivity index (χ1v) is 10.3. The first-order valence-electron chi connectivity index (χ1n) is 10.3. The Bertz CT molecular complexity index is 462. The smallest absolute Gasteiger partial charge is 0.306 e. The Morgan fingerprint density at radius 1 is 1.00 bits per heavy atom. The molecule has 0 spiro atoms. The zero-order chi connectivity index (χ0) is 17.6. The Labute approximate surface area is 152 Å². The van der Waals surface area contributed by atoms with Crippen molar-refractivity contribution in [1.82, 2.24) is 9.80 Å². The van der Waals surface area contributed by atoms with Crippen LogP contribution in [0.3, 0.4) is 0 Å². The fourth-order valence-electron chi connectivity index (χ4n) is 5.04. The molecule has 2 atom stereocenters. The lowest BCUT2D eigenvalue weighted by molar-refractivity contribution is -0.141. The fourth-order valence-corrected chi connectivity index (χ4v) is 5.04. The van der Waals surface area contributed by atoms with Gasteiger partial charge >= 0.3 is 5.97 Å². The van der Waals surface area contributed by atoms with Crippen LogP contribution in [0, 0.1) is 11.8 Å². The molecule has 0 aromatic rings. The van der Waals surface area contributed by atoms with Crippen LogP contribution in [0.25, 0.3) is 0 Å². The molecule has 0 aromatic heterocycles. The molecule has 2 heterocycles. The zero-order valence-electron chi connectivity index (χ0n) is 15.8. The first kappa shape index (κ1) is 18.7. The molecule has 1 amide bonds. The summed E-state index contributed by atoms with van der Waals surface area (Å²) in [5.74, 6) is 1.58. The Hall–Kier alpha value is -1.10. The summed E-state index contributed by atoms with van der Waals surface area (Å²) < 4.78 is 4.79. The molecule has 25 heavy (non-hydrogen) atoms. The average Bonchev–Trinajstić information content (AvgIpc) is 3.25. The van der Waals surface area contributed by atoms with Gasteiger partial charge in [-0.2, -0.15) is 0 Å².